The Labute approximate surface area is 159 Å². The summed E-state index contributed by atoms with van der Waals surface area (Å²) in [5.74, 6) is 0. The molecule has 0 fully saturated rings. The molecule has 0 radical (unpaired) electrons. The van der Waals surface area contributed by atoms with Gasteiger partial charge in [-0.3, -0.25) is 4.90 Å². The first-order chi connectivity index (χ1) is 13.2. The Balaban J connectivity index is 1.37. The molecule has 2 aliphatic heterocycles. The molecule has 1 amide bonds. The van der Waals surface area contributed by atoms with E-state index < -0.39 is 0 Å². The highest BCUT2D eigenvalue weighted by atomic mass is 16.6. The van der Waals surface area contributed by atoms with E-state index in [1.54, 1.807) is 28.2 Å². The molecular formula is C20H25N5O2. The summed E-state index contributed by atoms with van der Waals surface area (Å²) in [6.07, 6.45) is 5.71. The van der Waals surface area contributed by atoms with Crippen molar-refractivity contribution < 1.29 is 9.53 Å². The highest BCUT2D eigenvalue weighted by molar-refractivity contribution is 5.68. The molecule has 4 rings (SSSR count). The number of rotatable bonds is 4. The van der Waals surface area contributed by atoms with Crippen LogP contribution in [0.3, 0.4) is 0 Å². The predicted octanol–water partition coefficient (Wildman–Crippen LogP) is 2.34. The van der Waals surface area contributed by atoms with Crippen LogP contribution in [0, 0.1) is 0 Å². The molecular weight excluding hydrogens is 342 g/mol. The van der Waals surface area contributed by atoms with E-state index in [0.29, 0.717) is 13.1 Å². The summed E-state index contributed by atoms with van der Waals surface area (Å²) in [7, 11) is 2.14. The molecule has 0 saturated heterocycles. The van der Waals surface area contributed by atoms with Crippen molar-refractivity contribution in [1.29, 1.82) is 0 Å². The van der Waals surface area contributed by atoms with E-state index in [-0.39, 0.29) is 12.8 Å². The molecule has 0 spiro atoms. The first kappa shape index (κ1) is 17.6. The fraction of sp³-hybridized carbons (Fsp3) is 0.400. The fourth-order valence-electron chi connectivity index (χ4n) is 3.81. The Bertz CT molecular complexity index is 803. The molecule has 2 aliphatic rings. The maximum Gasteiger partial charge on any atom is 0.411 e. The van der Waals surface area contributed by atoms with Gasteiger partial charge >= 0.3 is 6.09 Å². The Morgan fingerprint density at radius 3 is 2.85 bits per heavy atom. The average Bonchev–Trinajstić information content (AvgIpc) is 3.20. The first-order valence-corrected chi connectivity index (χ1v) is 9.25. The van der Waals surface area contributed by atoms with Gasteiger partial charge in [-0.25, -0.2) is 9.78 Å². The van der Waals surface area contributed by atoms with Gasteiger partial charge in [0.05, 0.1) is 13.0 Å². The number of carbonyl (C=O) groups is 1. The van der Waals surface area contributed by atoms with Crippen molar-refractivity contribution in [3.05, 3.63) is 65.9 Å². The van der Waals surface area contributed by atoms with E-state index in [2.05, 4.69) is 46.1 Å². The molecule has 7 nitrogen and oxygen atoms in total. The third-order valence-corrected chi connectivity index (χ3v) is 5.10. The standard InChI is InChI=1S/C20H25N5O2/c1-22-15-24(11-17-5-3-2-4-6-17)12-18-13-25(9-7-19(18)22)20(26)27-16-23-10-8-21-14-23/h2-6,8,10,14H,7,9,11-13,15-16H2,1H3. The van der Waals surface area contributed by atoms with Crippen molar-refractivity contribution in [3.8, 4) is 0 Å². The zero-order valence-corrected chi connectivity index (χ0v) is 15.6. The Morgan fingerprint density at radius 2 is 2.07 bits per heavy atom. The number of amides is 1. The van der Waals surface area contributed by atoms with E-state index in [0.717, 1.165) is 26.2 Å². The number of hydrogen-bond donors (Lipinski definition) is 0. The lowest BCUT2D eigenvalue weighted by Gasteiger charge is -2.42. The second kappa shape index (κ2) is 7.84. The van der Waals surface area contributed by atoms with Crippen LogP contribution >= 0.6 is 0 Å². The number of hydrogen-bond acceptors (Lipinski definition) is 5. The summed E-state index contributed by atoms with van der Waals surface area (Å²) in [6.45, 7) is 4.24. The monoisotopic (exact) mass is 367 g/mol. The normalized spacial score (nSPS) is 17.8. The number of carbonyl (C=O) groups excluding carboxylic acids is 1. The van der Waals surface area contributed by atoms with E-state index in [9.17, 15) is 4.79 Å². The van der Waals surface area contributed by atoms with Crippen LogP contribution in [0.25, 0.3) is 0 Å². The zero-order chi connectivity index (χ0) is 18.6. The van der Waals surface area contributed by atoms with Gasteiger partial charge in [0.25, 0.3) is 0 Å². The topological polar surface area (TPSA) is 53.8 Å². The van der Waals surface area contributed by atoms with Gasteiger partial charge in [0.15, 0.2) is 6.73 Å². The van der Waals surface area contributed by atoms with E-state index in [4.69, 9.17) is 4.74 Å². The number of ether oxygens (including phenoxy) is 1. The van der Waals surface area contributed by atoms with Gasteiger partial charge in [0.2, 0.25) is 0 Å². The minimum Gasteiger partial charge on any atom is -0.428 e. The zero-order valence-electron chi connectivity index (χ0n) is 15.6. The third kappa shape index (κ3) is 4.14. The summed E-state index contributed by atoms with van der Waals surface area (Å²) in [5.41, 5.74) is 3.99. The Hall–Kier alpha value is -2.80. The van der Waals surface area contributed by atoms with Gasteiger partial charge in [0, 0.05) is 57.7 Å². The van der Waals surface area contributed by atoms with E-state index in [1.165, 1.54) is 16.8 Å². The minimum absolute atomic E-state index is 0.196. The third-order valence-electron chi connectivity index (χ3n) is 5.10. The van der Waals surface area contributed by atoms with Crippen molar-refractivity contribution in [2.75, 3.05) is 33.4 Å². The first-order valence-electron chi connectivity index (χ1n) is 9.25. The molecule has 27 heavy (non-hydrogen) atoms. The van der Waals surface area contributed by atoms with Gasteiger partial charge in [-0.05, 0) is 11.1 Å². The minimum atomic E-state index is -0.266. The van der Waals surface area contributed by atoms with E-state index >= 15 is 0 Å². The lowest BCUT2D eigenvalue weighted by Crippen LogP contribution is -2.48. The van der Waals surface area contributed by atoms with Gasteiger partial charge in [0.1, 0.15) is 0 Å². The SMILES string of the molecule is CN1CN(Cc2ccccc2)CC2=C1CCN(C(=O)OCn1ccnc1)C2. The number of imidazole rings is 1. The van der Waals surface area contributed by atoms with Crippen LogP contribution in [0.1, 0.15) is 12.0 Å². The predicted molar refractivity (Wildman–Crippen MR) is 101 cm³/mol. The van der Waals surface area contributed by atoms with Crippen LogP contribution in [0.5, 0.6) is 0 Å². The molecule has 0 atom stereocenters. The number of benzene rings is 1. The molecule has 0 bridgehead atoms. The van der Waals surface area contributed by atoms with Crippen molar-refractivity contribution in [1.82, 2.24) is 24.3 Å². The molecule has 142 valence electrons. The lowest BCUT2D eigenvalue weighted by molar-refractivity contribution is 0.0699. The van der Waals surface area contributed by atoms with Crippen LogP contribution in [-0.4, -0.2) is 63.7 Å². The van der Waals surface area contributed by atoms with Crippen molar-refractivity contribution in [3.63, 3.8) is 0 Å². The van der Waals surface area contributed by atoms with Crippen LogP contribution in [-0.2, 0) is 18.0 Å². The van der Waals surface area contributed by atoms with E-state index in [1.807, 2.05) is 6.07 Å². The maximum atomic E-state index is 12.4. The van der Waals surface area contributed by atoms with Gasteiger partial charge in [-0.2, -0.15) is 0 Å². The number of aromatic nitrogens is 2. The van der Waals surface area contributed by atoms with Crippen molar-refractivity contribution >= 4 is 6.09 Å². The largest absolute Gasteiger partial charge is 0.428 e. The molecule has 0 saturated carbocycles. The molecule has 3 heterocycles. The van der Waals surface area contributed by atoms with Crippen molar-refractivity contribution in [2.45, 2.75) is 19.7 Å². The summed E-state index contributed by atoms with van der Waals surface area (Å²) in [4.78, 5) is 22.9. The quantitative estimate of drug-likeness (QED) is 0.830. The van der Waals surface area contributed by atoms with Crippen LogP contribution in [0.2, 0.25) is 0 Å². The average molecular weight is 367 g/mol. The fourth-order valence-corrected chi connectivity index (χ4v) is 3.81. The highest BCUT2D eigenvalue weighted by Gasteiger charge is 2.30. The summed E-state index contributed by atoms with van der Waals surface area (Å²) < 4.78 is 7.15. The summed E-state index contributed by atoms with van der Waals surface area (Å²) >= 11 is 0. The van der Waals surface area contributed by atoms with Crippen LogP contribution < -0.4 is 0 Å². The molecule has 0 aliphatic carbocycles. The highest BCUT2D eigenvalue weighted by Crippen LogP contribution is 2.26. The second-order valence-corrected chi connectivity index (χ2v) is 7.15. The van der Waals surface area contributed by atoms with Crippen molar-refractivity contribution in [2.24, 2.45) is 0 Å². The molecule has 7 heteroatoms. The summed E-state index contributed by atoms with van der Waals surface area (Å²) in [6, 6.07) is 10.5. The summed E-state index contributed by atoms with van der Waals surface area (Å²) in [5, 5.41) is 0. The Kier molecular flexibility index (Phi) is 5.11. The lowest BCUT2D eigenvalue weighted by atomic mass is 10.0. The number of nitrogens with zero attached hydrogens (tertiary/aromatic N) is 5. The Morgan fingerprint density at radius 1 is 1.22 bits per heavy atom. The molecule has 0 N–H and O–H groups in total. The second-order valence-electron chi connectivity index (χ2n) is 7.15. The molecule has 0 unspecified atom stereocenters. The van der Waals surface area contributed by atoms with Gasteiger partial charge in [-0.1, -0.05) is 30.3 Å². The molecule has 1 aromatic carbocycles. The van der Waals surface area contributed by atoms with Gasteiger partial charge in [-0.15, -0.1) is 0 Å². The molecule has 1 aromatic heterocycles. The smallest absolute Gasteiger partial charge is 0.411 e. The molecule has 2 aromatic rings. The van der Waals surface area contributed by atoms with Crippen LogP contribution in [0.4, 0.5) is 4.79 Å². The van der Waals surface area contributed by atoms with Crippen LogP contribution in [0.15, 0.2) is 60.3 Å². The maximum absolute atomic E-state index is 12.4. The van der Waals surface area contributed by atoms with Gasteiger partial charge < -0.3 is 19.1 Å².